The number of aliphatic hydroxyl groups excluding tert-OH is 3. The minimum atomic E-state index is -0.869. The summed E-state index contributed by atoms with van der Waals surface area (Å²) in [5.74, 6) is 0. The first-order valence-electron chi connectivity index (χ1n) is 10.5. The highest BCUT2D eigenvalue weighted by atomic mass is 32.2. The van der Waals surface area contributed by atoms with Crippen LogP contribution in [0.5, 0.6) is 0 Å². The Bertz CT molecular complexity index is 670. The number of hydroxylamine groups is 1. The van der Waals surface area contributed by atoms with E-state index in [4.69, 9.17) is 14.3 Å². The molecule has 0 aliphatic carbocycles. The van der Waals surface area contributed by atoms with Crippen LogP contribution in [0.25, 0.3) is 0 Å². The van der Waals surface area contributed by atoms with Crippen LogP contribution in [-0.2, 0) is 19.3 Å². The Hall–Kier alpha value is -0.820. The molecule has 0 radical (unpaired) electrons. The smallest absolute Gasteiger partial charge is 0.134 e. The summed E-state index contributed by atoms with van der Waals surface area (Å²) >= 11 is 1.40. The van der Waals surface area contributed by atoms with E-state index in [1.54, 1.807) is 0 Å². The second-order valence-electron chi connectivity index (χ2n) is 8.63. The summed E-state index contributed by atoms with van der Waals surface area (Å²) in [6.07, 6.45) is -3.03. The van der Waals surface area contributed by atoms with Crippen LogP contribution in [0.15, 0.2) is 35.2 Å². The highest BCUT2D eigenvalue weighted by Gasteiger charge is 2.40. The van der Waals surface area contributed by atoms with Gasteiger partial charge in [0.25, 0.3) is 0 Å². The summed E-state index contributed by atoms with van der Waals surface area (Å²) in [5, 5.41) is 30.7. The second kappa shape index (κ2) is 11.4. The number of benzene rings is 1. The molecular formula is C21H32FNO7S. The first-order chi connectivity index (χ1) is 14.8. The van der Waals surface area contributed by atoms with Crippen molar-refractivity contribution in [2.45, 2.75) is 85.6 Å². The Morgan fingerprint density at radius 3 is 2.52 bits per heavy atom. The van der Waals surface area contributed by atoms with Gasteiger partial charge < -0.3 is 24.8 Å². The summed E-state index contributed by atoms with van der Waals surface area (Å²) in [6, 6.07) is 9.60. The Labute approximate surface area is 185 Å². The van der Waals surface area contributed by atoms with Crippen molar-refractivity contribution in [2.75, 3.05) is 13.2 Å². The number of ether oxygens (including phenoxy) is 2. The zero-order chi connectivity index (χ0) is 22.4. The van der Waals surface area contributed by atoms with Crippen LogP contribution >= 0.6 is 11.8 Å². The Kier molecular flexibility index (Phi) is 9.09. The fourth-order valence-electron chi connectivity index (χ4n) is 3.76. The van der Waals surface area contributed by atoms with Crippen molar-refractivity contribution in [1.29, 1.82) is 0 Å². The molecule has 0 spiro atoms. The van der Waals surface area contributed by atoms with Gasteiger partial charge in [0.1, 0.15) is 18.1 Å². The van der Waals surface area contributed by atoms with Gasteiger partial charge in [0, 0.05) is 24.2 Å². The van der Waals surface area contributed by atoms with Crippen LogP contribution < -0.4 is 5.48 Å². The third kappa shape index (κ3) is 7.08. The van der Waals surface area contributed by atoms with E-state index in [0.717, 1.165) is 4.90 Å². The SMILES string of the molecule is CC(C)(NOC[C@H]1OC(Sc2ccccc2)C(O)CC1O)C1CC(O)CC(COF)O1. The van der Waals surface area contributed by atoms with Crippen LogP contribution in [0.4, 0.5) is 4.53 Å². The van der Waals surface area contributed by atoms with Gasteiger partial charge >= 0.3 is 0 Å². The summed E-state index contributed by atoms with van der Waals surface area (Å²) in [7, 11) is 0. The van der Waals surface area contributed by atoms with E-state index in [-0.39, 0.29) is 19.6 Å². The molecule has 2 aliphatic rings. The van der Waals surface area contributed by atoms with Crippen LogP contribution in [0.3, 0.4) is 0 Å². The first-order valence-corrected chi connectivity index (χ1v) is 11.4. The average Bonchev–Trinajstić information content (AvgIpc) is 2.72. The van der Waals surface area contributed by atoms with Gasteiger partial charge in [-0.1, -0.05) is 30.0 Å². The van der Waals surface area contributed by atoms with Gasteiger partial charge in [-0.15, -0.1) is 0 Å². The van der Waals surface area contributed by atoms with Crippen molar-refractivity contribution in [2.24, 2.45) is 0 Å². The van der Waals surface area contributed by atoms with Gasteiger partial charge in [-0.3, -0.25) is 4.84 Å². The van der Waals surface area contributed by atoms with Crippen LogP contribution in [0, 0.1) is 0 Å². The van der Waals surface area contributed by atoms with E-state index < -0.39 is 47.6 Å². The molecule has 0 amide bonds. The molecule has 6 unspecified atom stereocenters. The van der Waals surface area contributed by atoms with Gasteiger partial charge in [-0.05, 0) is 30.5 Å². The lowest BCUT2D eigenvalue weighted by atomic mass is 9.89. The molecule has 2 heterocycles. The lowest BCUT2D eigenvalue weighted by Gasteiger charge is -2.42. The maximum atomic E-state index is 12.2. The molecule has 1 aromatic rings. The predicted molar refractivity (Wildman–Crippen MR) is 112 cm³/mol. The Morgan fingerprint density at radius 1 is 1.06 bits per heavy atom. The minimum Gasteiger partial charge on any atom is -0.393 e. The van der Waals surface area contributed by atoms with Gasteiger partial charge in [-0.2, -0.15) is 10.4 Å². The molecule has 2 aliphatic heterocycles. The fourth-order valence-corrected chi connectivity index (χ4v) is 4.81. The van der Waals surface area contributed by atoms with E-state index >= 15 is 0 Å². The number of halogens is 1. The van der Waals surface area contributed by atoms with Crippen molar-refractivity contribution in [3.05, 3.63) is 30.3 Å². The lowest BCUT2D eigenvalue weighted by Crippen LogP contribution is -2.56. The molecule has 31 heavy (non-hydrogen) atoms. The maximum absolute atomic E-state index is 12.2. The van der Waals surface area contributed by atoms with Crippen molar-refractivity contribution in [1.82, 2.24) is 5.48 Å². The van der Waals surface area contributed by atoms with Crippen molar-refractivity contribution < 1.29 is 39.1 Å². The number of hydrogen-bond acceptors (Lipinski definition) is 9. The molecule has 2 saturated heterocycles. The molecule has 4 N–H and O–H groups in total. The topological polar surface area (TPSA) is 110 Å². The lowest BCUT2D eigenvalue weighted by molar-refractivity contribution is -0.215. The Balaban J connectivity index is 1.51. The van der Waals surface area contributed by atoms with Crippen molar-refractivity contribution in [3.8, 4) is 0 Å². The first kappa shape index (κ1) is 24.8. The molecule has 1 aromatic carbocycles. The van der Waals surface area contributed by atoms with E-state index in [1.807, 2.05) is 44.2 Å². The molecule has 0 saturated carbocycles. The van der Waals surface area contributed by atoms with Gasteiger partial charge in [0.2, 0.25) is 0 Å². The Morgan fingerprint density at radius 2 is 1.81 bits per heavy atom. The third-order valence-corrected chi connectivity index (χ3v) is 6.75. The monoisotopic (exact) mass is 461 g/mol. The molecule has 2 fully saturated rings. The fraction of sp³-hybridized carbons (Fsp3) is 0.714. The third-order valence-electron chi connectivity index (χ3n) is 5.55. The van der Waals surface area contributed by atoms with Gasteiger partial charge in [-0.25, -0.2) is 0 Å². The summed E-state index contributed by atoms with van der Waals surface area (Å²) in [6.45, 7) is 3.50. The molecule has 7 atom stereocenters. The standard InChI is InChI=1S/C21H32FNO7S/c1-21(2,19-9-13(24)8-14(29-19)11-27-22)23-28-12-18-16(25)10-17(26)20(30-18)31-15-6-4-3-5-7-15/h3-7,13-14,16-20,23-26H,8-12H2,1-2H3/t13?,14?,16?,17?,18-,19?,20?/m1/s1. The number of nitrogens with one attached hydrogen (secondary N) is 1. The summed E-state index contributed by atoms with van der Waals surface area (Å²) < 4.78 is 24.0. The zero-order valence-electron chi connectivity index (χ0n) is 17.7. The van der Waals surface area contributed by atoms with Gasteiger partial charge in [0.15, 0.2) is 0 Å². The van der Waals surface area contributed by atoms with Crippen molar-refractivity contribution in [3.63, 3.8) is 0 Å². The van der Waals surface area contributed by atoms with E-state index in [2.05, 4.69) is 10.4 Å². The zero-order valence-corrected chi connectivity index (χ0v) is 18.5. The van der Waals surface area contributed by atoms with Crippen LogP contribution in [-0.4, -0.2) is 76.1 Å². The largest absolute Gasteiger partial charge is 0.393 e. The minimum absolute atomic E-state index is 0.0511. The quantitative estimate of drug-likeness (QED) is 0.409. The van der Waals surface area contributed by atoms with E-state index in [1.165, 1.54) is 11.8 Å². The molecule has 0 bridgehead atoms. The molecular weight excluding hydrogens is 429 g/mol. The number of thioether (sulfide) groups is 1. The summed E-state index contributed by atoms with van der Waals surface area (Å²) in [5.41, 5.74) is 1.70. The maximum Gasteiger partial charge on any atom is 0.134 e. The number of rotatable bonds is 9. The molecule has 3 rings (SSSR count). The van der Waals surface area contributed by atoms with E-state index in [0.29, 0.717) is 12.8 Å². The average molecular weight is 462 g/mol. The molecule has 10 heteroatoms. The predicted octanol–water partition coefficient (Wildman–Crippen LogP) is 1.72. The second-order valence-corrected chi connectivity index (χ2v) is 9.80. The van der Waals surface area contributed by atoms with Crippen LogP contribution in [0.2, 0.25) is 0 Å². The normalized spacial score (nSPS) is 34.6. The van der Waals surface area contributed by atoms with E-state index in [9.17, 15) is 19.8 Å². The van der Waals surface area contributed by atoms with Crippen LogP contribution in [0.1, 0.15) is 33.1 Å². The highest BCUT2D eigenvalue weighted by Crippen LogP contribution is 2.33. The van der Waals surface area contributed by atoms with Crippen molar-refractivity contribution >= 4 is 11.8 Å². The number of aliphatic hydroxyl groups is 3. The van der Waals surface area contributed by atoms with Gasteiger partial charge in [0.05, 0.1) is 42.7 Å². The molecule has 176 valence electrons. The molecule has 0 aromatic heterocycles. The summed E-state index contributed by atoms with van der Waals surface area (Å²) in [4.78, 5) is 10.3. The highest BCUT2D eigenvalue weighted by molar-refractivity contribution is 7.99. The number of hydrogen-bond donors (Lipinski definition) is 4. The molecule has 8 nitrogen and oxygen atoms in total.